The van der Waals surface area contributed by atoms with Crippen molar-refractivity contribution in [2.45, 2.75) is 42.5 Å². The number of hydrogen-bond acceptors (Lipinski definition) is 5. The lowest BCUT2D eigenvalue weighted by atomic mass is 9.97. The van der Waals surface area contributed by atoms with Crippen molar-refractivity contribution in [2.24, 2.45) is 5.92 Å². The topological polar surface area (TPSA) is 69.7 Å². The Labute approximate surface area is 196 Å². The molecule has 0 aliphatic carbocycles. The molecule has 2 aliphatic rings. The summed E-state index contributed by atoms with van der Waals surface area (Å²) in [6.45, 7) is 3.59. The Kier molecular flexibility index (Phi) is 7.48. The van der Waals surface area contributed by atoms with Gasteiger partial charge in [-0.05, 0) is 59.3 Å². The second-order valence-corrected chi connectivity index (χ2v) is 12.9. The van der Waals surface area contributed by atoms with Gasteiger partial charge in [0.2, 0.25) is 5.91 Å². The van der Waals surface area contributed by atoms with E-state index in [1.165, 1.54) is 21.2 Å². The SMILES string of the molecule is O=C(NC1CCN(Cc2ccccc2)CC1)C1CCCN(S(=O)(=O)c2ccc(Br)s2)C1. The molecule has 4 rings (SSSR count). The van der Waals surface area contributed by atoms with Crippen LogP contribution in [0.15, 0.2) is 50.5 Å². The summed E-state index contributed by atoms with van der Waals surface area (Å²) in [7, 11) is -3.54. The van der Waals surface area contributed by atoms with E-state index in [0.29, 0.717) is 17.2 Å². The first-order valence-electron chi connectivity index (χ1n) is 10.7. The average molecular weight is 527 g/mol. The largest absolute Gasteiger partial charge is 0.353 e. The van der Waals surface area contributed by atoms with Crippen LogP contribution in [0.25, 0.3) is 0 Å². The molecule has 31 heavy (non-hydrogen) atoms. The molecule has 2 fully saturated rings. The second kappa shape index (κ2) is 10.1. The summed E-state index contributed by atoms with van der Waals surface area (Å²) in [6, 6.07) is 14.0. The third kappa shape index (κ3) is 5.76. The molecule has 2 saturated heterocycles. The molecule has 0 spiro atoms. The second-order valence-electron chi connectivity index (χ2n) is 8.31. The van der Waals surface area contributed by atoms with Crippen LogP contribution in [0, 0.1) is 5.92 Å². The zero-order valence-electron chi connectivity index (χ0n) is 17.4. The minimum absolute atomic E-state index is 0.00577. The Bertz CT molecular complexity index is 988. The van der Waals surface area contributed by atoms with Gasteiger partial charge in [-0.1, -0.05) is 30.3 Å². The molecule has 0 radical (unpaired) electrons. The van der Waals surface area contributed by atoms with Crippen molar-refractivity contribution >= 4 is 43.2 Å². The molecule has 1 aromatic carbocycles. The van der Waals surface area contributed by atoms with E-state index in [2.05, 4.69) is 50.4 Å². The maximum atomic E-state index is 12.9. The van der Waals surface area contributed by atoms with Crippen LogP contribution in [0.3, 0.4) is 0 Å². The molecule has 2 aliphatic heterocycles. The number of benzene rings is 1. The minimum Gasteiger partial charge on any atom is -0.353 e. The number of halogens is 1. The first-order valence-corrected chi connectivity index (χ1v) is 13.8. The first-order chi connectivity index (χ1) is 14.9. The smallest absolute Gasteiger partial charge is 0.252 e. The maximum Gasteiger partial charge on any atom is 0.252 e. The Hall–Kier alpha value is -1.26. The van der Waals surface area contributed by atoms with Crippen LogP contribution in [0.4, 0.5) is 0 Å². The summed E-state index contributed by atoms with van der Waals surface area (Å²) in [5.74, 6) is -0.289. The number of carbonyl (C=O) groups excluding carboxylic acids is 1. The molecule has 1 N–H and O–H groups in total. The van der Waals surface area contributed by atoms with Gasteiger partial charge >= 0.3 is 0 Å². The van der Waals surface area contributed by atoms with Crippen LogP contribution < -0.4 is 5.32 Å². The van der Waals surface area contributed by atoms with Crippen LogP contribution in [-0.4, -0.2) is 55.8 Å². The Morgan fingerprint density at radius 3 is 2.48 bits per heavy atom. The predicted molar refractivity (Wildman–Crippen MR) is 126 cm³/mol. The number of thiophene rings is 1. The van der Waals surface area contributed by atoms with Crippen LogP contribution >= 0.6 is 27.3 Å². The molecule has 168 valence electrons. The molecule has 3 heterocycles. The number of nitrogens with zero attached hydrogens (tertiary/aromatic N) is 2. The number of likely N-dealkylation sites (tertiary alicyclic amines) is 1. The van der Waals surface area contributed by atoms with Crippen molar-refractivity contribution in [2.75, 3.05) is 26.2 Å². The van der Waals surface area contributed by atoms with E-state index in [9.17, 15) is 13.2 Å². The van der Waals surface area contributed by atoms with Gasteiger partial charge in [-0.2, -0.15) is 4.31 Å². The highest BCUT2D eigenvalue weighted by atomic mass is 79.9. The van der Waals surface area contributed by atoms with Gasteiger partial charge in [-0.25, -0.2) is 8.42 Å². The highest BCUT2D eigenvalue weighted by Gasteiger charge is 2.35. The van der Waals surface area contributed by atoms with E-state index in [1.54, 1.807) is 12.1 Å². The molecule has 1 amide bonds. The molecular weight excluding hydrogens is 498 g/mol. The lowest BCUT2D eigenvalue weighted by molar-refractivity contribution is -0.127. The van der Waals surface area contributed by atoms with Gasteiger partial charge in [-0.15, -0.1) is 11.3 Å². The lowest BCUT2D eigenvalue weighted by Gasteiger charge is -2.35. The third-order valence-corrected chi connectivity index (χ3v) is 10.0. The van der Waals surface area contributed by atoms with Gasteiger partial charge in [0.1, 0.15) is 4.21 Å². The molecule has 1 aromatic heterocycles. The fourth-order valence-electron chi connectivity index (χ4n) is 4.33. The summed E-state index contributed by atoms with van der Waals surface area (Å²) in [4.78, 5) is 15.3. The van der Waals surface area contributed by atoms with Gasteiger partial charge in [0, 0.05) is 38.8 Å². The molecule has 6 nitrogen and oxygen atoms in total. The number of carbonyl (C=O) groups is 1. The van der Waals surface area contributed by atoms with Gasteiger partial charge < -0.3 is 5.32 Å². The van der Waals surface area contributed by atoms with E-state index in [0.717, 1.165) is 42.7 Å². The number of amides is 1. The van der Waals surface area contributed by atoms with Crippen molar-refractivity contribution in [1.29, 1.82) is 0 Å². The van der Waals surface area contributed by atoms with Crippen molar-refractivity contribution in [1.82, 2.24) is 14.5 Å². The number of piperidine rings is 2. The summed E-state index contributed by atoms with van der Waals surface area (Å²) in [5, 5.41) is 3.20. The minimum atomic E-state index is -3.54. The van der Waals surface area contributed by atoms with E-state index >= 15 is 0 Å². The molecule has 0 saturated carbocycles. The number of nitrogens with one attached hydrogen (secondary N) is 1. The monoisotopic (exact) mass is 525 g/mol. The van der Waals surface area contributed by atoms with E-state index in [-0.39, 0.29) is 24.4 Å². The molecule has 9 heteroatoms. The standard InChI is InChI=1S/C22H28BrN3O3S2/c23-20-8-9-21(30-20)31(28,29)26-12-4-7-18(16-26)22(27)24-19-10-13-25(14-11-19)15-17-5-2-1-3-6-17/h1-3,5-6,8-9,18-19H,4,7,10-16H2,(H,24,27). The Morgan fingerprint density at radius 1 is 1.06 bits per heavy atom. The quantitative estimate of drug-likeness (QED) is 0.624. The highest BCUT2D eigenvalue weighted by molar-refractivity contribution is 9.11. The molecule has 1 unspecified atom stereocenters. The third-order valence-electron chi connectivity index (χ3n) is 6.08. The van der Waals surface area contributed by atoms with Gasteiger partial charge in [0.15, 0.2) is 0 Å². The zero-order valence-corrected chi connectivity index (χ0v) is 20.6. The summed E-state index contributed by atoms with van der Waals surface area (Å²) in [6.07, 6.45) is 3.30. The van der Waals surface area contributed by atoms with E-state index in [4.69, 9.17) is 0 Å². The predicted octanol–water partition coefficient (Wildman–Crippen LogP) is 3.69. The van der Waals surface area contributed by atoms with Gasteiger partial charge in [-0.3, -0.25) is 9.69 Å². The fraction of sp³-hybridized carbons (Fsp3) is 0.500. The zero-order chi connectivity index (χ0) is 21.8. The summed E-state index contributed by atoms with van der Waals surface area (Å²) >= 11 is 4.54. The summed E-state index contributed by atoms with van der Waals surface area (Å²) < 4.78 is 28.4. The Morgan fingerprint density at radius 2 is 1.81 bits per heavy atom. The number of sulfonamides is 1. The van der Waals surface area contributed by atoms with Crippen LogP contribution in [0.5, 0.6) is 0 Å². The number of rotatable bonds is 6. The molecule has 0 bridgehead atoms. The molecular formula is C22H28BrN3O3S2. The fourth-order valence-corrected chi connectivity index (χ4v) is 8.02. The Balaban J connectivity index is 1.28. The van der Waals surface area contributed by atoms with Crippen LogP contribution in [0.2, 0.25) is 0 Å². The highest BCUT2D eigenvalue weighted by Crippen LogP contribution is 2.31. The normalized spacial score (nSPS) is 21.8. The first kappa shape index (κ1) is 22.9. The van der Waals surface area contributed by atoms with Crippen LogP contribution in [-0.2, 0) is 21.4 Å². The molecule has 2 aromatic rings. The van der Waals surface area contributed by atoms with E-state index in [1.807, 2.05) is 6.07 Å². The van der Waals surface area contributed by atoms with Crippen molar-refractivity contribution in [3.8, 4) is 0 Å². The van der Waals surface area contributed by atoms with Crippen LogP contribution in [0.1, 0.15) is 31.2 Å². The number of hydrogen-bond donors (Lipinski definition) is 1. The van der Waals surface area contributed by atoms with Crippen molar-refractivity contribution < 1.29 is 13.2 Å². The molecule has 1 atom stereocenters. The van der Waals surface area contributed by atoms with Crippen molar-refractivity contribution in [3.05, 3.63) is 51.8 Å². The van der Waals surface area contributed by atoms with Crippen molar-refractivity contribution in [3.63, 3.8) is 0 Å². The summed E-state index contributed by atoms with van der Waals surface area (Å²) in [5.41, 5.74) is 1.31. The van der Waals surface area contributed by atoms with Gasteiger partial charge in [0.25, 0.3) is 10.0 Å². The van der Waals surface area contributed by atoms with E-state index < -0.39 is 10.0 Å². The van der Waals surface area contributed by atoms with Gasteiger partial charge in [0.05, 0.1) is 9.70 Å². The average Bonchev–Trinajstić information content (AvgIpc) is 3.23. The maximum absolute atomic E-state index is 12.9. The lowest BCUT2D eigenvalue weighted by Crippen LogP contribution is -2.50.